The fraction of sp³-hybridized carbons (Fsp3) is 0.471. The number of aliphatic hydroxyl groups excluding tert-OH is 3. The summed E-state index contributed by atoms with van der Waals surface area (Å²) in [5.41, 5.74) is -0.656. The van der Waals surface area contributed by atoms with Crippen molar-refractivity contribution in [2.75, 3.05) is 20.5 Å². The Labute approximate surface area is 272 Å². The molecule has 48 heavy (non-hydrogen) atoms. The lowest BCUT2D eigenvalue weighted by Crippen LogP contribution is -2.59. The standard InChI is InChI=1S/C34H36O14/c1-5-15-9-10-18-22-20(15)32(39)48-30-21-16(27(37)24(23(22)30)33(40)46-18)7-6-8-17(21)47-34-31(28(38)25(35)14(3)45-34)44-12-43-19-11-42-13(2)26(36)29(19)41-4/h6-10,13-14,19,25-26,28-29,31,34-38H,5,11-12H2,1-4H3/t13?,14?,19?,25-,26-,28?,29?,31?,34-/m0/s1. The first-order chi connectivity index (χ1) is 23.0. The number of aromatic hydroxyl groups is 1. The highest BCUT2D eigenvalue weighted by Gasteiger charge is 2.46. The smallest absolute Gasteiger partial charge is 0.348 e. The average Bonchev–Trinajstić information content (AvgIpc) is 3.07. The topological polar surface area (TPSA) is 197 Å². The molecule has 0 radical (unpaired) electrons. The molecule has 0 saturated carbocycles. The minimum Gasteiger partial charge on any atom is -0.506 e. The Bertz CT molecular complexity index is 2090. The van der Waals surface area contributed by atoms with Gasteiger partial charge in [0.05, 0.1) is 29.6 Å². The molecule has 2 aliphatic heterocycles. The van der Waals surface area contributed by atoms with Crippen molar-refractivity contribution in [1.29, 1.82) is 0 Å². The monoisotopic (exact) mass is 668 g/mol. The molecule has 0 spiro atoms. The quantitative estimate of drug-likeness (QED) is 0.0813. The lowest BCUT2D eigenvalue weighted by atomic mass is 9.95. The van der Waals surface area contributed by atoms with Gasteiger partial charge < -0.3 is 57.7 Å². The number of ether oxygens (including phenoxy) is 6. The molecule has 2 aromatic heterocycles. The second kappa shape index (κ2) is 12.5. The Morgan fingerprint density at radius 3 is 2.35 bits per heavy atom. The first-order valence-electron chi connectivity index (χ1n) is 15.7. The molecule has 3 aromatic carbocycles. The SMILES string of the molecule is CCc1ccc2oc(=O)c3c(O)c4cccc(O[C@@H]5OC(C)[C@H](O)C(O)C5OCOC5COC(C)[C@H](O)C5OC)c4c4oc(=O)c1c2c34. The van der Waals surface area contributed by atoms with Gasteiger partial charge in [-0.15, -0.1) is 0 Å². The molecular weight excluding hydrogens is 632 g/mol. The molecule has 14 heteroatoms. The normalized spacial score (nSPS) is 29.8. The maximum absolute atomic E-state index is 13.5. The molecule has 4 N–H and O–H groups in total. The van der Waals surface area contributed by atoms with Gasteiger partial charge in [0, 0.05) is 23.3 Å². The zero-order chi connectivity index (χ0) is 34.0. The van der Waals surface area contributed by atoms with Crippen molar-refractivity contribution in [2.45, 2.75) is 82.3 Å². The fourth-order valence-electron chi connectivity index (χ4n) is 6.84. The summed E-state index contributed by atoms with van der Waals surface area (Å²) in [5.74, 6) is -0.333. The van der Waals surface area contributed by atoms with Crippen LogP contribution in [-0.4, -0.2) is 96.1 Å². The van der Waals surface area contributed by atoms with Gasteiger partial charge in [-0.2, -0.15) is 0 Å². The number of aryl methyl sites for hydroxylation is 1. The van der Waals surface area contributed by atoms with Crippen LogP contribution in [0.5, 0.6) is 11.5 Å². The number of hydrogen-bond acceptors (Lipinski definition) is 14. The van der Waals surface area contributed by atoms with Crippen LogP contribution in [-0.2, 0) is 30.1 Å². The van der Waals surface area contributed by atoms with E-state index in [0.29, 0.717) is 17.4 Å². The molecule has 7 rings (SSSR count). The van der Waals surface area contributed by atoms with Crippen molar-refractivity contribution in [2.24, 2.45) is 0 Å². The van der Waals surface area contributed by atoms with E-state index in [0.717, 1.165) is 0 Å². The second-order valence-electron chi connectivity index (χ2n) is 12.2. The van der Waals surface area contributed by atoms with E-state index < -0.39 is 78.9 Å². The molecule has 2 aliphatic rings. The molecule has 6 unspecified atom stereocenters. The molecule has 0 aliphatic carbocycles. The number of methoxy groups -OCH3 is 1. The van der Waals surface area contributed by atoms with Crippen molar-refractivity contribution in [3.8, 4) is 11.5 Å². The first kappa shape index (κ1) is 32.7. The van der Waals surface area contributed by atoms with E-state index in [9.17, 15) is 30.0 Å². The van der Waals surface area contributed by atoms with Gasteiger partial charge in [0.2, 0.25) is 6.29 Å². The predicted octanol–water partition coefficient (Wildman–Crippen LogP) is 2.28. The van der Waals surface area contributed by atoms with E-state index in [1.54, 1.807) is 38.1 Å². The highest BCUT2D eigenvalue weighted by atomic mass is 16.7. The maximum Gasteiger partial charge on any atom is 0.348 e. The van der Waals surface area contributed by atoms with Crippen LogP contribution in [0.2, 0.25) is 0 Å². The Morgan fingerprint density at radius 1 is 0.833 bits per heavy atom. The van der Waals surface area contributed by atoms with Crippen molar-refractivity contribution < 1.29 is 57.7 Å². The van der Waals surface area contributed by atoms with Crippen LogP contribution >= 0.6 is 0 Å². The lowest BCUT2D eigenvalue weighted by molar-refractivity contribution is -0.302. The van der Waals surface area contributed by atoms with E-state index in [-0.39, 0.29) is 50.5 Å². The van der Waals surface area contributed by atoms with Gasteiger partial charge in [0.15, 0.2) is 11.7 Å². The van der Waals surface area contributed by atoms with Crippen molar-refractivity contribution in [3.05, 3.63) is 56.7 Å². The average molecular weight is 669 g/mol. The molecule has 9 atom stereocenters. The molecule has 2 saturated heterocycles. The number of fused-ring (bicyclic) bond motifs is 2. The molecule has 2 fully saturated rings. The Morgan fingerprint density at radius 2 is 1.60 bits per heavy atom. The van der Waals surface area contributed by atoms with Gasteiger partial charge in [0.25, 0.3) is 0 Å². The van der Waals surface area contributed by atoms with Gasteiger partial charge >= 0.3 is 11.3 Å². The summed E-state index contributed by atoms with van der Waals surface area (Å²) in [6, 6.07) is 7.93. The summed E-state index contributed by atoms with van der Waals surface area (Å²) in [6.45, 7) is 4.84. The van der Waals surface area contributed by atoms with E-state index >= 15 is 0 Å². The third-order valence-corrected chi connectivity index (χ3v) is 9.46. The zero-order valence-corrected chi connectivity index (χ0v) is 26.6. The summed E-state index contributed by atoms with van der Waals surface area (Å²) in [7, 11) is 1.44. The molecule has 4 heterocycles. The van der Waals surface area contributed by atoms with Crippen molar-refractivity contribution in [3.63, 3.8) is 0 Å². The summed E-state index contributed by atoms with van der Waals surface area (Å²) >= 11 is 0. The molecule has 0 amide bonds. The molecule has 5 aromatic rings. The van der Waals surface area contributed by atoms with Crippen LogP contribution < -0.4 is 16.0 Å². The Kier molecular flexibility index (Phi) is 8.54. The van der Waals surface area contributed by atoms with Gasteiger partial charge in [-0.3, -0.25) is 0 Å². The zero-order valence-electron chi connectivity index (χ0n) is 26.6. The van der Waals surface area contributed by atoms with Crippen LogP contribution in [0.1, 0.15) is 26.3 Å². The van der Waals surface area contributed by atoms with E-state index in [2.05, 4.69) is 0 Å². The number of phenols is 1. The van der Waals surface area contributed by atoms with Gasteiger partial charge in [-0.05, 0) is 38.0 Å². The fourth-order valence-corrected chi connectivity index (χ4v) is 6.84. The predicted molar refractivity (Wildman–Crippen MR) is 170 cm³/mol. The number of benzene rings is 3. The third-order valence-electron chi connectivity index (χ3n) is 9.46. The van der Waals surface area contributed by atoms with Gasteiger partial charge in [0.1, 0.15) is 59.8 Å². The number of aliphatic hydroxyl groups is 3. The number of rotatable bonds is 8. The third kappa shape index (κ3) is 5.11. The highest BCUT2D eigenvalue weighted by Crippen LogP contribution is 2.45. The van der Waals surface area contributed by atoms with E-state index in [1.165, 1.54) is 13.2 Å². The van der Waals surface area contributed by atoms with Crippen LogP contribution in [0.25, 0.3) is 43.5 Å². The Hall–Kier alpha value is -3.86. The summed E-state index contributed by atoms with van der Waals surface area (Å²) in [4.78, 5) is 26.7. The Balaban J connectivity index is 1.30. The van der Waals surface area contributed by atoms with Crippen LogP contribution in [0.15, 0.2) is 48.8 Å². The van der Waals surface area contributed by atoms with Crippen molar-refractivity contribution >= 4 is 43.5 Å². The molecule has 14 nitrogen and oxygen atoms in total. The largest absolute Gasteiger partial charge is 0.506 e. The number of phenolic OH excluding ortho intramolecular Hbond substituents is 1. The molecule has 0 bridgehead atoms. The van der Waals surface area contributed by atoms with E-state index in [1.807, 2.05) is 6.92 Å². The maximum atomic E-state index is 13.5. The molecular formula is C34H36O14. The van der Waals surface area contributed by atoms with Crippen LogP contribution in [0.4, 0.5) is 0 Å². The number of hydrogen-bond donors (Lipinski definition) is 4. The second-order valence-corrected chi connectivity index (χ2v) is 12.2. The highest BCUT2D eigenvalue weighted by molar-refractivity contribution is 6.28. The van der Waals surface area contributed by atoms with Gasteiger partial charge in [-0.25, -0.2) is 9.59 Å². The lowest BCUT2D eigenvalue weighted by Gasteiger charge is -2.42. The van der Waals surface area contributed by atoms with Crippen molar-refractivity contribution in [1.82, 2.24) is 0 Å². The molecule has 256 valence electrons. The summed E-state index contributed by atoms with van der Waals surface area (Å²) < 4.78 is 46.4. The minimum atomic E-state index is -1.49. The van der Waals surface area contributed by atoms with Gasteiger partial charge in [-0.1, -0.05) is 25.1 Å². The summed E-state index contributed by atoms with van der Waals surface area (Å²) in [5, 5.41) is 44.5. The first-order valence-corrected chi connectivity index (χ1v) is 15.7. The van der Waals surface area contributed by atoms with Crippen LogP contribution in [0.3, 0.4) is 0 Å². The summed E-state index contributed by atoms with van der Waals surface area (Å²) in [6.07, 6.45) is -8.69. The van der Waals surface area contributed by atoms with E-state index in [4.69, 9.17) is 37.3 Å². The van der Waals surface area contributed by atoms with Crippen LogP contribution in [0, 0.1) is 0 Å². The minimum absolute atomic E-state index is 0.0158.